The lowest BCUT2D eigenvalue weighted by Gasteiger charge is -2.45. The lowest BCUT2D eigenvalue weighted by Crippen LogP contribution is -2.56. The summed E-state index contributed by atoms with van der Waals surface area (Å²) in [4.78, 5) is 2.73. The first-order chi connectivity index (χ1) is 8.60. The van der Waals surface area contributed by atoms with Gasteiger partial charge in [0.05, 0.1) is 0 Å². The number of nitrogens with two attached hydrogens (primary N) is 1. The average Bonchev–Trinajstić information content (AvgIpc) is 3.15. The van der Waals surface area contributed by atoms with Crippen LogP contribution in [0.2, 0.25) is 0 Å². The fourth-order valence-corrected chi connectivity index (χ4v) is 3.27. The van der Waals surface area contributed by atoms with Crippen LogP contribution in [0, 0.1) is 11.8 Å². The van der Waals surface area contributed by atoms with Crippen molar-refractivity contribution in [3.63, 3.8) is 0 Å². The minimum atomic E-state index is 0.316. The van der Waals surface area contributed by atoms with Gasteiger partial charge in [-0.15, -0.1) is 0 Å². The van der Waals surface area contributed by atoms with Crippen LogP contribution in [0.3, 0.4) is 0 Å². The molecule has 18 heavy (non-hydrogen) atoms. The molecule has 108 valence electrons. The van der Waals surface area contributed by atoms with Crippen molar-refractivity contribution in [2.75, 3.05) is 19.6 Å². The first-order valence-corrected chi connectivity index (χ1v) is 8.05. The van der Waals surface area contributed by atoms with Gasteiger partial charge in [0.25, 0.3) is 0 Å². The molecule has 0 heterocycles. The summed E-state index contributed by atoms with van der Waals surface area (Å²) in [5.74, 6) is 1.67. The molecule has 2 nitrogen and oxygen atoms in total. The molecule has 0 amide bonds. The van der Waals surface area contributed by atoms with E-state index < -0.39 is 0 Å². The van der Waals surface area contributed by atoms with Crippen LogP contribution in [0.1, 0.15) is 66.2 Å². The summed E-state index contributed by atoms with van der Waals surface area (Å²) in [6, 6.07) is 0. The van der Waals surface area contributed by atoms with Crippen molar-refractivity contribution in [2.45, 2.75) is 71.8 Å². The Bertz CT molecular complexity index is 217. The van der Waals surface area contributed by atoms with Crippen LogP contribution in [-0.2, 0) is 0 Å². The molecule has 1 aliphatic rings. The lowest BCUT2D eigenvalue weighted by atomic mass is 9.83. The molecule has 1 atom stereocenters. The normalized spacial score (nSPS) is 19.5. The molecule has 1 fully saturated rings. The zero-order valence-electron chi connectivity index (χ0n) is 13.0. The quantitative estimate of drug-likeness (QED) is 0.645. The third kappa shape index (κ3) is 3.96. The molecule has 0 spiro atoms. The predicted molar refractivity (Wildman–Crippen MR) is 80.7 cm³/mol. The highest BCUT2D eigenvalue weighted by Gasteiger charge is 2.47. The van der Waals surface area contributed by atoms with E-state index in [1.54, 1.807) is 0 Å². The SMILES string of the molecule is CCCN(CCC)C(CN)(CCC(C)C)C1CC1. The first kappa shape index (κ1) is 16.0. The number of hydrogen-bond donors (Lipinski definition) is 1. The van der Waals surface area contributed by atoms with Gasteiger partial charge in [-0.2, -0.15) is 0 Å². The van der Waals surface area contributed by atoms with E-state index in [4.69, 9.17) is 5.73 Å². The standard InChI is InChI=1S/C16H34N2/c1-5-11-18(12-6-2)16(13-17,15-7-8-15)10-9-14(3)4/h14-15H,5-13,17H2,1-4H3. The number of nitrogens with zero attached hydrogens (tertiary/aromatic N) is 1. The molecule has 0 aromatic heterocycles. The van der Waals surface area contributed by atoms with Gasteiger partial charge < -0.3 is 5.73 Å². The molecule has 1 rings (SSSR count). The summed E-state index contributed by atoms with van der Waals surface area (Å²) >= 11 is 0. The first-order valence-electron chi connectivity index (χ1n) is 8.05. The molecular weight excluding hydrogens is 220 g/mol. The van der Waals surface area contributed by atoms with Crippen LogP contribution in [0.15, 0.2) is 0 Å². The van der Waals surface area contributed by atoms with E-state index >= 15 is 0 Å². The van der Waals surface area contributed by atoms with Crippen LogP contribution in [0.25, 0.3) is 0 Å². The van der Waals surface area contributed by atoms with Crippen molar-refractivity contribution in [3.05, 3.63) is 0 Å². The summed E-state index contributed by atoms with van der Waals surface area (Å²) in [5, 5.41) is 0. The Hall–Kier alpha value is -0.0800. The summed E-state index contributed by atoms with van der Waals surface area (Å²) in [7, 11) is 0. The van der Waals surface area contributed by atoms with Crippen LogP contribution < -0.4 is 5.73 Å². The van der Waals surface area contributed by atoms with Gasteiger partial charge in [0.2, 0.25) is 0 Å². The van der Waals surface area contributed by atoms with Crippen molar-refractivity contribution in [3.8, 4) is 0 Å². The number of rotatable bonds is 10. The minimum Gasteiger partial charge on any atom is -0.329 e. The van der Waals surface area contributed by atoms with Crippen molar-refractivity contribution in [2.24, 2.45) is 17.6 Å². The molecular formula is C16H34N2. The zero-order chi connectivity index (χ0) is 13.6. The molecule has 1 unspecified atom stereocenters. The van der Waals surface area contributed by atoms with Crippen LogP contribution in [0.4, 0.5) is 0 Å². The smallest absolute Gasteiger partial charge is 0.0359 e. The Balaban J connectivity index is 2.77. The van der Waals surface area contributed by atoms with Crippen LogP contribution in [0.5, 0.6) is 0 Å². The van der Waals surface area contributed by atoms with Crippen LogP contribution >= 0.6 is 0 Å². The van der Waals surface area contributed by atoms with Gasteiger partial charge in [-0.05, 0) is 63.5 Å². The predicted octanol–water partition coefficient (Wildman–Crippen LogP) is 3.65. The Morgan fingerprint density at radius 2 is 1.72 bits per heavy atom. The maximum absolute atomic E-state index is 6.25. The molecule has 1 aliphatic carbocycles. The molecule has 0 saturated heterocycles. The van der Waals surface area contributed by atoms with Gasteiger partial charge in [-0.3, -0.25) is 4.90 Å². The summed E-state index contributed by atoms with van der Waals surface area (Å²) in [6.07, 6.45) is 7.91. The van der Waals surface area contributed by atoms with E-state index in [-0.39, 0.29) is 0 Å². The summed E-state index contributed by atoms with van der Waals surface area (Å²) < 4.78 is 0. The Labute approximate surface area is 114 Å². The highest BCUT2D eigenvalue weighted by Crippen LogP contribution is 2.46. The van der Waals surface area contributed by atoms with E-state index in [2.05, 4.69) is 32.6 Å². The number of hydrogen-bond acceptors (Lipinski definition) is 2. The molecule has 0 aliphatic heterocycles. The van der Waals surface area contributed by atoms with Gasteiger partial charge in [0.15, 0.2) is 0 Å². The van der Waals surface area contributed by atoms with Crippen molar-refractivity contribution < 1.29 is 0 Å². The third-order valence-corrected chi connectivity index (χ3v) is 4.46. The van der Waals surface area contributed by atoms with Crippen LogP contribution in [-0.4, -0.2) is 30.1 Å². The highest BCUT2D eigenvalue weighted by atomic mass is 15.2. The van der Waals surface area contributed by atoms with Gasteiger partial charge in [0.1, 0.15) is 0 Å². The van der Waals surface area contributed by atoms with Crippen molar-refractivity contribution in [1.82, 2.24) is 4.90 Å². The van der Waals surface area contributed by atoms with Gasteiger partial charge in [-0.1, -0.05) is 27.7 Å². The molecule has 1 saturated carbocycles. The second-order valence-corrected chi connectivity index (χ2v) is 6.50. The summed E-state index contributed by atoms with van der Waals surface area (Å²) in [6.45, 7) is 12.5. The molecule has 0 radical (unpaired) electrons. The molecule has 0 aromatic carbocycles. The zero-order valence-corrected chi connectivity index (χ0v) is 13.0. The van der Waals surface area contributed by atoms with Crippen molar-refractivity contribution >= 4 is 0 Å². The molecule has 0 aromatic rings. The van der Waals surface area contributed by atoms with Gasteiger partial charge in [0, 0.05) is 12.1 Å². The monoisotopic (exact) mass is 254 g/mol. The Morgan fingerprint density at radius 1 is 1.17 bits per heavy atom. The second-order valence-electron chi connectivity index (χ2n) is 6.50. The Morgan fingerprint density at radius 3 is 2.06 bits per heavy atom. The fraction of sp³-hybridized carbons (Fsp3) is 1.00. The van der Waals surface area contributed by atoms with E-state index in [1.165, 1.54) is 51.6 Å². The van der Waals surface area contributed by atoms with E-state index in [9.17, 15) is 0 Å². The van der Waals surface area contributed by atoms with Gasteiger partial charge >= 0.3 is 0 Å². The molecule has 2 heteroatoms. The van der Waals surface area contributed by atoms with E-state index in [1.807, 2.05) is 0 Å². The topological polar surface area (TPSA) is 29.3 Å². The fourth-order valence-electron chi connectivity index (χ4n) is 3.27. The largest absolute Gasteiger partial charge is 0.329 e. The van der Waals surface area contributed by atoms with E-state index in [0.29, 0.717) is 5.54 Å². The average molecular weight is 254 g/mol. The second kappa shape index (κ2) is 7.49. The third-order valence-electron chi connectivity index (χ3n) is 4.46. The lowest BCUT2D eigenvalue weighted by molar-refractivity contribution is 0.0583. The summed E-state index contributed by atoms with van der Waals surface area (Å²) in [5.41, 5.74) is 6.57. The molecule has 2 N–H and O–H groups in total. The van der Waals surface area contributed by atoms with Gasteiger partial charge in [-0.25, -0.2) is 0 Å². The van der Waals surface area contributed by atoms with Crippen molar-refractivity contribution in [1.29, 1.82) is 0 Å². The highest BCUT2D eigenvalue weighted by molar-refractivity contribution is 5.03. The maximum Gasteiger partial charge on any atom is 0.0359 e. The minimum absolute atomic E-state index is 0.316. The Kier molecular flexibility index (Phi) is 6.65. The molecule has 0 bridgehead atoms. The maximum atomic E-state index is 6.25. The van der Waals surface area contributed by atoms with E-state index in [0.717, 1.165) is 18.4 Å².